The van der Waals surface area contributed by atoms with Gasteiger partial charge in [-0.05, 0) is 25.0 Å². The van der Waals surface area contributed by atoms with Crippen LogP contribution in [-0.4, -0.2) is 78.0 Å². The zero-order valence-corrected chi connectivity index (χ0v) is 18.2. The first-order chi connectivity index (χ1) is 13.8. The Morgan fingerprint density at radius 1 is 0.931 bits per heavy atom. The first-order valence-electron chi connectivity index (χ1n) is 9.92. The molecule has 164 valence electrons. The van der Waals surface area contributed by atoms with Crippen molar-refractivity contribution in [2.75, 3.05) is 52.7 Å². The first kappa shape index (κ1) is 23.8. The van der Waals surface area contributed by atoms with Crippen molar-refractivity contribution < 1.29 is 27.4 Å². The van der Waals surface area contributed by atoms with Crippen molar-refractivity contribution in [3.05, 3.63) is 29.8 Å². The number of hydrogen-bond donors (Lipinski definition) is 1. The van der Waals surface area contributed by atoms with Gasteiger partial charge in [0.15, 0.2) is 0 Å². The smallest absolute Gasteiger partial charge is 0.241 e. The summed E-state index contributed by atoms with van der Waals surface area (Å²) in [7, 11) is -3.82. The third-order valence-electron chi connectivity index (χ3n) is 4.61. The van der Waals surface area contributed by atoms with Crippen LogP contribution in [0.25, 0.3) is 0 Å². The largest absolute Gasteiger partial charge is 0.377 e. The molecule has 1 aromatic carbocycles. The number of ether oxygens (including phenoxy) is 3. The highest BCUT2D eigenvalue weighted by molar-refractivity contribution is 7.89. The van der Waals surface area contributed by atoms with E-state index in [1.807, 2.05) is 20.8 Å². The summed E-state index contributed by atoms with van der Waals surface area (Å²) in [6, 6.07) is 5.67. The molecule has 1 aromatic rings. The summed E-state index contributed by atoms with van der Waals surface area (Å²) in [4.78, 5) is 14.9. The standard InChI is InChI=1S/C20H32N2O6S/c1-16(2)19(21-29(24,25)18-6-4-17(3)5-7-18)20(23)22-8-10-26-12-14-28-15-13-27-11-9-22/h4-7,16,19,21H,8-15H2,1-3H3/t19-/m1/s1. The Labute approximate surface area is 173 Å². The van der Waals surface area contributed by atoms with Gasteiger partial charge in [0.25, 0.3) is 0 Å². The van der Waals surface area contributed by atoms with Gasteiger partial charge in [0.1, 0.15) is 6.04 Å². The molecule has 0 radical (unpaired) electrons. The van der Waals surface area contributed by atoms with Crippen molar-refractivity contribution in [3.63, 3.8) is 0 Å². The van der Waals surface area contributed by atoms with Gasteiger partial charge in [0.05, 0.1) is 44.5 Å². The fraction of sp³-hybridized carbons (Fsp3) is 0.650. The van der Waals surface area contributed by atoms with Gasteiger partial charge in [-0.1, -0.05) is 31.5 Å². The van der Waals surface area contributed by atoms with E-state index >= 15 is 0 Å². The Balaban J connectivity index is 2.11. The van der Waals surface area contributed by atoms with Crippen molar-refractivity contribution in [2.45, 2.75) is 31.7 Å². The lowest BCUT2D eigenvalue weighted by Gasteiger charge is -2.30. The van der Waals surface area contributed by atoms with E-state index in [1.165, 1.54) is 0 Å². The Morgan fingerprint density at radius 2 is 1.41 bits per heavy atom. The van der Waals surface area contributed by atoms with Crippen molar-refractivity contribution in [1.29, 1.82) is 0 Å². The third-order valence-corrected chi connectivity index (χ3v) is 6.07. The molecule has 0 unspecified atom stereocenters. The molecule has 0 aromatic heterocycles. The number of carbonyl (C=O) groups excluding carboxylic acids is 1. The number of sulfonamides is 1. The maximum atomic E-state index is 13.2. The van der Waals surface area contributed by atoms with Crippen LogP contribution >= 0.6 is 0 Å². The number of aryl methyl sites for hydroxylation is 1. The molecule has 0 saturated carbocycles. The summed E-state index contributed by atoms with van der Waals surface area (Å²) < 4.78 is 44.6. The van der Waals surface area contributed by atoms with Crippen LogP contribution in [0.2, 0.25) is 0 Å². The maximum absolute atomic E-state index is 13.2. The average Bonchev–Trinajstić information content (AvgIpc) is 2.66. The van der Waals surface area contributed by atoms with E-state index < -0.39 is 16.1 Å². The Hall–Kier alpha value is -1.52. The molecule has 1 atom stereocenters. The van der Waals surface area contributed by atoms with E-state index in [0.29, 0.717) is 52.7 Å². The topological polar surface area (TPSA) is 94.2 Å². The van der Waals surface area contributed by atoms with Crippen molar-refractivity contribution in [2.24, 2.45) is 5.92 Å². The van der Waals surface area contributed by atoms with Crippen molar-refractivity contribution in [1.82, 2.24) is 9.62 Å². The van der Waals surface area contributed by atoms with E-state index in [2.05, 4.69) is 4.72 Å². The lowest BCUT2D eigenvalue weighted by Crippen LogP contribution is -2.52. The Kier molecular flexibility index (Phi) is 9.51. The van der Waals surface area contributed by atoms with Crippen molar-refractivity contribution in [3.8, 4) is 0 Å². The van der Waals surface area contributed by atoms with Crippen LogP contribution in [0.1, 0.15) is 19.4 Å². The fourth-order valence-electron chi connectivity index (χ4n) is 2.84. The van der Waals surface area contributed by atoms with E-state index in [4.69, 9.17) is 14.2 Å². The molecule has 1 heterocycles. The van der Waals surface area contributed by atoms with E-state index in [9.17, 15) is 13.2 Å². The molecule has 1 aliphatic rings. The molecule has 1 N–H and O–H groups in total. The Bertz CT molecular complexity index is 724. The minimum Gasteiger partial charge on any atom is -0.377 e. The van der Waals surface area contributed by atoms with Crippen LogP contribution in [0.5, 0.6) is 0 Å². The summed E-state index contributed by atoms with van der Waals surface area (Å²) >= 11 is 0. The number of amides is 1. The second-order valence-electron chi connectivity index (χ2n) is 7.32. The lowest BCUT2D eigenvalue weighted by molar-refractivity contribution is -0.136. The molecule has 8 nitrogen and oxygen atoms in total. The number of rotatable bonds is 5. The predicted octanol–water partition coefficient (Wildman–Crippen LogP) is 1.19. The number of benzene rings is 1. The third kappa shape index (κ3) is 7.67. The SMILES string of the molecule is Cc1ccc(S(=O)(=O)N[C@@H](C(=O)N2CCOCCOCCOCC2)C(C)C)cc1. The monoisotopic (exact) mass is 428 g/mol. The number of nitrogens with zero attached hydrogens (tertiary/aromatic N) is 1. The summed E-state index contributed by atoms with van der Waals surface area (Å²) in [5.74, 6) is -0.504. The lowest BCUT2D eigenvalue weighted by atomic mass is 10.0. The number of nitrogens with one attached hydrogen (secondary N) is 1. The Morgan fingerprint density at radius 3 is 1.90 bits per heavy atom. The van der Waals surface area contributed by atoms with E-state index in [-0.39, 0.29) is 16.7 Å². The highest BCUT2D eigenvalue weighted by Crippen LogP contribution is 2.14. The minimum absolute atomic E-state index is 0.141. The molecule has 1 fully saturated rings. The van der Waals surface area contributed by atoms with Gasteiger partial charge in [-0.25, -0.2) is 8.42 Å². The molecule has 9 heteroatoms. The maximum Gasteiger partial charge on any atom is 0.241 e. The molecular formula is C20H32N2O6S. The normalized spacial score (nSPS) is 18.7. The molecule has 0 spiro atoms. The predicted molar refractivity (Wildman–Crippen MR) is 109 cm³/mol. The molecular weight excluding hydrogens is 396 g/mol. The van der Waals surface area contributed by atoms with Gasteiger partial charge in [-0.15, -0.1) is 0 Å². The molecule has 0 aliphatic carbocycles. The van der Waals surface area contributed by atoms with Gasteiger partial charge < -0.3 is 19.1 Å². The first-order valence-corrected chi connectivity index (χ1v) is 11.4. The summed E-state index contributed by atoms with van der Waals surface area (Å²) in [5, 5.41) is 0. The van der Waals surface area contributed by atoms with Gasteiger partial charge >= 0.3 is 0 Å². The fourth-order valence-corrected chi connectivity index (χ4v) is 4.18. The minimum atomic E-state index is -3.82. The van der Waals surface area contributed by atoms with Crippen molar-refractivity contribution >= 4 is 15.9 Å². The van der Waals surface area contributed by atoms with Gasteiger partial charge in [-0.2, -0.15) is 4.72 Å². The number of hydrogen-bond acceptors (Lipinski definition) is 6. The second-order valence-corrected chi connectivity index (χ2v) is 9.03. The highest BCUT2D eigenvalue weighted by Gasteiger charge is 2.31. The van der Waals surface area contributed by atoms with Gasteiger partial charge in [-0.3, -0.25) is 4.79 Å². The second kappa shape index (κ2) is 11.6. The van der Waals surface area contributed by atoms with E-state index in [0.717, 1.165) is 5.56 Å². The van der Waals surface area contributed by atoms with Crippen LogP contribution in [0.15, 0.2) is 29.2 Å². The molecule has 0 bridgehead atoms. The molecule has 1 aliphatic heterocycles. The summed E-state index contributed by atoms with van der Waals surface area (Å²) in [6.07, 6.45) is 0. The van der Waals surface area contributed by atoms with Gasteiger partial charge in [0.2, 0.25) is 15.9 Å². The van der Waals surface area contributed by atoms with Crippen LogP contribution in [0.4, 0.5) is 0 Å². The van der Waals surface area contributed by atoms with Crippen LogP contribution < -0.4 is 4.72 Å². The van der Waals surface area contributed by atoms with Crippen LogP contribution in [0, 0.1) is 12.8 Å². The van der Waals surface area contributed by atoms with Gasteiger partial charge in [0, 0.05) is 13.1 Å². The van der Waals surface area contributed by atoms with Crippen LogP contribution in [-0.2, 0) is 29.0 Å². The summed E-state index contributed by atoms with van der Waals surface area (Å²) in [5.41, 5.74) is 0.963. The molecule has 1 amide bonds. The zero-order valence-electron chi connectivity index (χ0n) is 17.4. The van der Waals surface area contributed by atoms with E-state index in [1.54, 1.807) is 29.2 Å². The molecule has 29 heavy (non-hydrogen) atoms. The zero-order chi connectivity index (χ0) is 21.3. The molecule has 2 rings (SSSR count). The van der Waals surface area contributed by atoms with Crippen LogP contribution in [0.3, 0.4) is 0 Å². The molecule has 1 saturated heterocycles. The highest BCUT2D eigenvalue weighted by atomic mass is 32.2. The summed E-state index contributed by atoms with van der Waals surface area (Å²) in [6.45, 7) is 8.78. The number of carbonyl (C=O) groups is 1. The average molecular weight is 429 g/mol. The quantitative estimate of drug-likeness (QED) is 0.757.